The number of nitrogens with zero attached hydrogens (tertiary/aromatic N) is 2. The van der Waals surface area contributed by atoms with Gasteiger partial charge in [-0.1, -0.05) is 24.3 Å². The van der Waals surface area contributed by atoms with E-state index in [1.54, 1.807) is 10.9 Å². The lowest BCUT2D eigenvalue weighted by Gasteiger charge is -2.14. The fourth-order valence-electron chi connectivity index (χ4n) is 3.67. The quantitative estimate of drug-likeness (QED) is 0.877. The summed E-state index contributed by atoms with van der Waals surface area (Å²) < 4.78 is 1.80. The molecular formula is C19H21N3O3. The van der Waals surface area contributed by atoms with Gasteiger partial charge in [0.05, 0.1) is 23.2 Å². The largest absolute Gasteiger partial charge is 0.481 e. The molecule has 0 radical (unpaired) electrons. The summed E-state index contributed by atoms with van der Waals surface area (Å²) in [6.07, 6.45) is 4.35. The van der Waals surface area contributed by atoms with E-state index in [-0.39, 0.29) is 11.9 Å². The van der Waals surface area contributed by atoms with Gasteiger partial charge in [-0.05, 0) is 37.3 Å². The first-order valence-corrected chi connectivity index (χ1v) is 8.78. The van der Waals surface area contributed by atoms with Crippen LogP contribution in [0.3, 0.4) is 0 Å². The molecule has 2 unspecified atom stereocenters. The number of carboxylic acids is 1. The number of amides is 1. The number of benzene rings is 1. The Bertz CT molecular complexity index is 838. The highest BCUT2D eigenvalue weighted by atomic mass is 16.4. The van der Waals surface area contributed by atoms with E-state index >= 15 is 0 Å². The molecular weight excluding hydrogens is 318 g/mol. The van der Waals surface area contributed by atoms with Crippen LogP contribution in [0, 0.1) is 0 Å². The van der Waals surface area contributed by atoms with E-state index in [1.807, 2.05) is 31.2 Å². The average Bonchev–Trinajstić information content (AvgIpc) is 3.25. The van der Waals surface area contributed by atoms with Gasteiger partial charge in [-0.15, -0.1) is 0 Å². The van der Waals surface area contributed by atoms with Crippen LogP contribution in [0.1, 0.15) is 71.2 Å². The highest BCUT2D eigenvalue weighted by molar-refractivity contribution is 5.96. The number of carboxylic acid groups (broad SMARTS) is 1. The van der Waals surface area contributed by atoms with Crippen molar-refractivity contribution < 1.29 is 14.7 Å². The minimum atomic E-state index is -0.846. The Morgan fingerprint density at radius 3 is 2.64 bits per heavy atom. The van der Waals surface area contributed by atoms with E-state index in [0.717, 1.165) is 36.2 Å². The Hall–Kier alpha value is -2.63. The summed E-state index contributed by atoms with van der Waals surface area (Å²) in [6, 6.07) is 7.19. The molecule has 1 amide bonds. The zero-order valence-electron chi connectivity index (χ0n) is 14.1. The summed E-state index contributed by atoms with van der Waals surface area (Å²) in [6.45, 7) is 2.72. The molecule has 4 rings (SSSR count). The van der Waals surface area contributed by atoms with Crippen molar-refractivity contribution in [3.8, 4) is 0 Å². The number of carbonyl (C=O) groups is 2. The number of nitrogens with one attached hydrogen (secondary N) is 1. The van der Waals surface area contributed by atoms with Gasteiger partial charge in [0, 0.05) is 18.7 Å². The van der Waals surface area contributed by atoms with Crippen molar-refractivity contribution in [3.63, 3.8) is 0 Å². The van der Waals surface area contributed by atoms with E-state index in [0.29, 0.717) is 17.9 Å². The molecule has 1 heterocycles. The van der Waals surface area contributed by atoms with Crippen LogP contribution in [0.15, 0.2) is 30.5 Å². The van der Waals surface area contributed by atoms with Crippen LogP contribution in [0.2, 0.25) is 0 Å². The van der Waals surface area contributed by atoms with Gasteiger partial charge in [-0.3, -0.25) is 14.3 Å². The van der Waals surface area contributed by atoms with Gasteiger partial charge in [0.1, 0.15) is 0 Å². The predicted molar refractivity (Wildman–Crippen MR) is 91.5 cm³/mol. The molecule has 1 aromatic heterocycles. The zero-order valence-corrected chi connectivity index (χ0v) is 14.1. The van der Waals surface area contributed by atoms with Crippen molar-refractivity contribution >= 4 is 11.9 Å². The van der Waals surface area contributed by atoms with Crippen LogP contribution in [0.4, 0.5) is 0 Å². The first-order chi connectivity index (χ1) is 12.1. The van der Waals surface area contributed by atoms with Crippen molar-refractivity contribution in [2.45, 2.75) is 50.6 Å². The summed E-state index contributed by atoms with van der Waals surface area (Å²) in [5.41, 5.74) is 3.20. The molecule has 130 valence electrons. The molecule has 0 saturated heterocycles. The monoisotopic (exact) mass is 339 g/mol. The van der Waals surface area contributed by atoms with Crippen molar-refractivity contribution in [2.75, 3.05) is 0 Å². The third-order valence-corrected chi connectivity index (χ3v) is 5.14. The van der Waals surface area contributed by atoms with E-state index < -0.39 is 11.9 Å². The molecule has 1 aromatic carbocycles. The fourth-order valence-corrected chi connectivity index (χ4v) is 3.67. The lowest BCUT2D eigenvalue weighted by molar-refractivity contribution is -0.138. The van der Waals surface area contributed by atoms with Crippen LogP contribution in [-0.2, 0) is 11.3 Å². The maximum atomic E-state index is 12.9. The van der Waals surface area contributed by atoms with Gasteiger partial charge in [-0.2, -0.15) is 5.10 Å². The lowest BCUT2D eigenvalue weighted by Crippen LogP contribution is -2.28. The molecule has 6 heteroatoms. The minimum absolute atomic E-state index is 0.160. The second kappa shape index (κ2) is 6.02. The van der Waals surface area contributed by atoms with Crippen LogP contribution < -0.4 is 5.32 Å². The number of aliphatic carboxylic acids is 1. The predicted octanol–water partition coefficient (Wildman–Crippen LogP) is 2.82. The summed E-state index contributed by atoms with van der Waals surface area (Å²) in [4.78, 5) is 24.4. The molecule has 0 spiro atoms. The van der Waals surface area contributed by atoms with E-state index in [9.17, 15) is 14.7 Å². The summed E-state index contributed by atoms with van der Waals surface area (Å²) in [5, 5.41) is 17.0. The molecule has 2 atom stereocenters. The second-order valence-corrected chi connectivity index (χ2v) is 6.84. The van der Waals surface area contributed by atoms with Gasteiger partial charge >= 0.3 is 5.97 Å². The Balaban J connectivity index is 1.60. The number of carbonyl (C=O) groups excluding carboxylic acids is 1. The average molecular weight is 339 g/mol. The normalized spacial score (nSPS) is 21.8. The van der Waals surface area contributed by atoms with E-state index in [4.69, 9.17) is 0 Å². The summed E-state index contributed by atoms with van der Waals surface area (Å²) in [7, 11) is 0. The van der Waals surface area contributed by atoms with Crippen molar-refractivity contribution in [1.29, 1.82) is 0 Å². The number of aryl methyl sites for hydroxylation is 1. The summed E-state index contributed by atoms with van der Waals surface area (Å²) >= 11 is 0. The maximum absolute atomic E-state index is 12.9. The molecule has 2 N–H and O–H groups in total. The van der Waals surface area contributed by atoms with Crippen molar-refractivity contribution in [1.82, 2.24) is 15.1 Å². The van der Waals surface area contributed by atoms with Crippen LogP contribution >= 0.6 is 0 Å². The molecule has 6 nitrogen and oxygen atoms in total. The molecule has 1 saturated carbocycles. The van der Waals surface area contributed by atoms with E-state index in [1.165, 1.54) is 0 Å². The third kappa shape index (κ3) is 2.81. The van der Waals surface area contributed by atoms with E-state index in [2.05, 4.69) is 10.4 Å². The van der Waals surface area contributed by atoms with Crippen LogP contribution in [0.25, 0.3) is 0 Å². The van der Waals surface area contributed by atoms with Gasteiger partial charge in [0.25, 0.3) is 5.91 Å². The number of rotatable bonds is 5. The molecule has 2 aromatic rings. The third-order valence-electron chi connectivity index (χ3n) is 5.14. The van der Waals surface area contributed by atoms with Crippen LogP contribution in [0.5, 0.6) is 0 Å². The smallest absolute Gasteiger partial charge is 0.311 e. The topological polar surface area (TPSA) is 84.2 Å². The Morgan fingerprint density at radius 1 is 1.28 bits per heavy atom. The van der Waals surface area contributed by atoms with Crippen molar-refractivity contribution in [2.24, 2.45) is 0 Å². The first-order valence-electron chi connectivity index (χ1n) is 8.78. The number of aromatic nitrogens is 2. The van der Waals surface area contributed by atoms with Crippen LogP contribution in [-0.4, -0.2) is 26.8 Å². The van der Waals surface area contributed by atoms with Gasteiger partial charge in [0.2, 0.25) is 0 Å². The molecule has 0 aliphatic heterocycles. The second-order valence-electron chi connectivity index (χ2n) is 6.84. The highest BCUT2D eigenvalue weighted by Gasteiger charge is 2.37. The molecule has 0 bridgehead atoms. The Morgan fingerprint density at radius 2 is 2.00 bits per heavy atom. The number of fused-ring (bicyclic) bond motifs is 1. The lowest BCUT2D eigenvalue weighted by atomic mass is 10.0. The Kier molecular flexibility index (Phi) is 3.82. The zero-order chi connectivity index (χ0) is 17.6. The number of hydrogen-bond donors (Lipinski definition) is 2. The Labute approximate surface area is 145 Å². The van der Waals surface area contributed by atoms with Gasteiger partial charge in [0.15, 0.2) is 0 Å². The maximum Gasteiger partial charge on any atom is 0.311 e. The van der Waals surface area contributed by atoms with Gasteiger partial charge in [-0.25, -0.2) is 0 Å². The highest BCUT2D eigenvalue weighted by Crippen LogP contribution is 2.42. The molecule has 1 fully saturated rings. The summed E-state index contributed by atoms with van der Waals surface area (Å²) in [5.74, 6) is -1.19. The standard InChI is InChI=1S/C19H21N3O3/c1-2-22-10-15(17(21-22)11-7-8-11)18(23)20-16-9-14(19(24)25)12-5-3-4-6-13(12)16/h3-6,10-11,14,16H,2,7-9H2,1H3,(H,20,23)(H,24,25). The first kappa shape index (κ1) is 15.9. The van der Waals surface area contributed by atoms with Crippen molar-refractivity contribution in [3.05, 3.63) is 52.8 Å². The molecule has 25 heavy (non-hydrogen) atoms. The number of hydrogen-bond acceptors (Lipinski definition) is 3. The fraction of sp³-hybridized carbons (Fsp3) is 0.421. The molecule has 2 aliphatic carbocycles. The SMILES string of the molecule is CCn1cc(C(=O)NC2CC(C(=O)O)c3ccccc32)c(C2CC2)n1. The molecule has 2 aliphatic rings. The minimum Gasteiger partial charge on any atom is -0.481 e. The van der Waals surface area contributed by atoms with Gasteiger partial charge < -0.3 is 10.4 Å².